The summed E-state index contributed by atoms with van der Waals surface area (Å²) in [6.45, 7) is 14.6. The summed E-state index contributed by atoms with van der Waals surface area (Å²) in [5.41, 5.74) is 0. The van der Waals surface area contributed by atoms with Crippen LogP contribution < -0.4 is 5.32 Å². The number of hydrogen-bond acceptors (Lipinski definition) is 2. The van der Waals surface area contributed by atoms with E-state index >= 15 is 0 Å². The zero-order chi connectivity index (χ0) is 18.9. The number of ketones is 1. The van der Waals surface area contributed by atoms with Crippen LogP contribution in [0.4, 0.5) is 0 Å². The van der Waals surface area contributed by atoms with Gasteiger partial charge < -0.3 is 5.32 Å². The van der Waals surface area contributed by atoms with E-state index in [1.54, 1.807) is 6.92 Å². The van der Waals surface area contributed by atoms with Crippen molar-refractivity contribution in [3.05, 3.63) is 0 Å². The van der Waals surface area contributed by atoms with Gasteiger partial charge in [0.05, 0.1) is 6.04 Å². The molecule has 0 aliphatic rings. The first-order valence-corrected chi connectivity index (χ1v) is 10.8. The van der Waals surface area contributed by atoms with Crippen LogP contribution in [0.3, 0.4) is 0 Å². The van der Waals surface area contributed by atoms with E-state index in [4.69, 9.17) is 0 Å². The Morgan fingerprint density at radius 3 is 2.00 bits per heavy atom. The predicted molar refractivity (Wildman–Crippen MR) is 112 cm³/mol. The van der Waals surface area contributed by atoms with Crippen molar-refractivity contribution in [3.63, 3.8) is 0 Å². The Kier molecular flexibility index (Phi) is 12.2. The molecular formula is C20H38INO2. The maximum Gasteiger partial charge on any atom is 0.224 e. The third kappa shape index (κ3) is 8.82. The van der Waals surface area contributed by atoms with Crippen molar-refractivity contribution in [2.75, 3.05) is 0 Å². The second kappa shape index (κ2) is 12.3. The Labute approximate surface area is 163 Å². The summed E-state index contributed by atoms with van der Waals surface area (Å²) < 4.78 is 0.428. The summed E-state index contributed by atoms with van der Waals surface area (Å²) >= 11 is 2.41. The van der Waals surface area contributed by atoms with Gasteiger partial charge in [-0.15, -0.1) is 0 Å². The standard InChI is InChI=1S/C20H38INO2/c1-8-10-14(4)11-18(15(5)16(6)21)20(24)22-19(17(7)23)12-13(3)9-2/h13-16,18-19H,8-12H2,1-7H3,(H,22,24)/t13?,14?,15?,16?,18-,19-/m0/s1. The van der Waals surface area contributed by atoms with Gasteiger partial charge in [0.15, 0.2) is 5.78 Å². The van der Waals surface area contributed by atoms with Crippen molar-refractivity contribution in [1.82, 2.24) is 5.32 Å². The Morgan fingerprint density at radius 1 is 1.00 bits per heavy atom. The van der Waals surface area contributed by atoms with Crippen molar-refractivity contribution in [3.8, 4) is 0 Å². The van der Waals surface area contributed by atoms with Crippen LogP contribution in [0.1, 0.15) is 80.6 Å². The van der Waals surface area contributed by atoms with Crippen molar-refractivity contribution in [1.29, 1.82) is 0 Å². The Morgan fingerprint density at radius 2 is 1.58 bits per heavy atom. The zero-order valence-corrected chi connectivity index (χ0v) is 18.9. The van der Waals surface area contributed by atoms with Crippen LogP contribution in [-0.4, -0.2) is 21.7 Å². The molecule has 0 bridgehead atoms. The van der Waals surface area contributed by atoms with Crippen molar-refractivity contribution in [2.45, 2.75) is 90.5 Å². The predicted octanol–water partition coefficient (Wildman–Crippen LogP) is 5.40. The molecule has 0 aromatic heterocycles. The maximum atomic E-state index is 12.9. The van der Waals surface area contributed by atoms with E-state index in [1.807, 2.05) is 0 Å². The molecule has 0 heterocycles. The highest BCUT2D eigenvalue weighted by Gasteiger charge is 2.31. The lowest BCUT2D eigenvalue weighted by molar-refractivity contribution is -0.131. The quantitative estimate of drug-likeness (QED) is 0.319. The summed E-state index contributed by atoms with van der Waals surface area (Å²) in [5.74, 6) is 1.40. The molecule has 1 N–H and O–H groups in total. The largest absolute Gasteiger partial charge is 0.346 e. The highest BCUT2D eigenvalue weighted by Crippen LogP contribution is 2.29. The average molecular weight is 451 g/mol. The fraction of sp³-hybridized carbons (Fsp3) is 0.900. The van der Waals surface area contributed by atoms with Gasteiger partial charge in [-0.3, -0.25) is 9.59 Å². The van der Waals surface area contributed by atoms with E-state index in [0.717, 1.165) is 32.1 Å². The molecule has 0 radical (unpaired) electrons. The van der Waals surface area contributed by atoms with Crippen molar-refractivity contribution >= 4 is 34.3 Å². The Hall–Kier alpha value is -0.130. The lowest BCUT2D eigenvalue weighted by Gasteiger charge is -2.30. The number of nitrogens with one attached hydrogen (secondary N) is 1. The number of carbonyl (C=O) groups excluding carboxylic acids is 2. The molecule has 24 heavy (non-hydrogen) atoms. The molecule has 142 valence electrons. The highest BCUT2D eigenvalue weighted by atomic mass is 127. The van der Waals surface area contributed by atoms with Crippen LogP contribution in [0.15, 0.2) is 0 Å². The second-order valence-corrected chi connectivity index (χ2v) is 9.66. The molecule has 0 saturated heterocycles. The summed E-state index contributed by atoms with van der Waals surface area (Å²) in [7, 11) is 0. The first kappa shape index (κ1) is 23.9. The number of carbonyl (C=O) groups is 2. The molecule has 4 unspecified atom stereocenters. The van der Waals surface area contributed by atoms with Gasteiger partial charge in [-0.05, 0) is 37.5 Å². The van der Waals surface area contributed by atoms with E-state index < -0.39 is 0 Å². The summed E-state index contributed by atoms with van der Waals surface area (Å²) in [4.78, 5) is 24.9. The molecule has 0 aromatic carbocycles. The minimum absolute atomic E-state index is 0.0165. The smallest absolute Gasteiger partial charge is 0.224 e. The van der Waals surface area contributed by atoms with Crippen LogP contribution in [0.2, 0.25) is 0 Å². The first-order chi connectivity index (χ1) is 11.1. The third-order valence-corrected chi connectivity index (χ3v) is 6.41. The first-order valence-electron chi connectivity index (χ1n) is 9.58. The maximum absolute atomic E-state index is 12.9. The van der Waals surface area contributed by atoms with Gasteiger partial charge >= 0.3 is 0 Å². The topological polar surface area (TPSA) is 46.2 Å². The van der Waals surface area contributed by atoms with Gasteiger partial charge in [0.25, 0.3) is 0 Å². The molecule has 4 heteroatoms. The summed E-state index contributed by atoms with van der Waals surface area (Å²) in [6.07, 6.45) is 4.96. The molecule has 3 nitrogen and oxygen atoms in total. The molecule has 1 amide bonds. The van der Waals surface area contributed by atoms with Gasteiger partial charge in [-0.2, -0.15) is 0 Å². The van der Waals surface area contributed by atoms with Crippen molar-refractivity contribution < 1.29 is 9.59 Å². The number of Topliss-reactive ketones (excluding diaryl/α,β-unsaturated/α-hetero) is 1. The Bertz CT molecular complexity index is 384. The molecule has 0 aromatic rings. The molecule has 6 atom stereocenters. The fourth-order valence-corrected chi connectivity index (χ4v) is 3.60. The van der Waals surface area contributed by atoms with Crippen LogP contribution >= 0.6 is 22.6 Å². The van der Waals surface area contributed by atoms with E-state index in [-0.39, 0.29) is 23.7 Å². The number of hydrogen-bond donors (Lipinski definition) is 1. The van der Waals surface area contributed by atoms with E-state index in [0.29, 0.717) is 21.7 Å². The lowest BCUT2D eigenvalue weighted by atomic mass is 9.82. The van der Waals surface area contributed by atoms with E-state index in [2.05, 4.69) is 69.5 Å². The van der Waals surface area contributed by atoms with E-state index in [9.17, 15) is 9.59 Å². The molecule has 0 aliphatic carbocycles. The van der Waals surface area contributed by atoms with Gasteiger partial charge in [0.1, 0.15) is 0 Å². The SMILES string of the molecule is CCCC(C)C[C@H](C(=O)N[C@@H](CC(C)CC)C(C)=O)C(C)C(C)I. The fourth-order valence-electron chi connectivity index (χ4n) is 3.10. The highest BCUT2D eigenvalue weighted by molar-refractivity contribution is 14.1. The third-order valence-electron chi connectivity index (χ3n) is 5.28. The van der Waals surface area contributed by atoms with Crippen LogP contribution in [0, 0.1) is 23.7 Å². The lowest BCUT2D eigenvalue weighted by Crippen LogP contribution is -2.46. The van der Waals surface area contributed by atoms with Gasteiger partial charge in [0, 0.05) is 9.84 Å². The van der Waals surface area contributed by atoms with Crippen molar-refractivity contribution in [2.24, 2.45) is 23.7 Å². The normalized spacial score (nSPS) is 19.0. The van der Waals surface area contributed by atoms with Gasteiger partial charge in [-0.25, -0.2) is 0 Å². The Balaban J connectivity index is 5.09. The van der Waals surface area contributed by atoms with Gasteiger partial charge in [-0.1, -0.05) is 83.4 Å². The summed E-state index contributed by atoms with van der Waals surface area (Å²) in [6, 6.07) is -0.340. The average Bonchev–Trinajstić information content (AvgIpc) is 2.50. The molecule has 0 saturated carbocycles. The number of rotatable bonds is 12. The minimum Gasteiger partial charge on any atom is -0.346 e. The zero-order valence-electron chi connectivity index (χ0n) is 16.7. The van der Waals surface area contributed by atoms with Crippen LogP contribution in [0.5, 0.6) is 0 Å². The van der Waals surface area contributed by atoms with E-state index in [1.165, 1.54) is 0 Å². The molecule has 0 fully saturated rings. The molecule has 0 rings (SSSR count). The number of alkyl halides is 1. The monoisotopic (exact) mass is 451 g/mol. The number of amides is 1. The number of halogens is 1. The molecule has 0 spiro atoms. The minimum atomic E-state index is -0.340. The van der Waals surface area contributed by atoms with Gasteiger partial charge in [0.2, 0.25) is 5.91 Å². The molecular weight excluding hydrogens is 413 g/mol. The van der Waals surface area contributed by atoms with Crippen LogP contribution in [-0.2, 0) is 9.59 Å². The second-order valence-electron chi connectivity index (χ2n) is 7.69. The van der Waals surface area contributed by atoms with Crippen LogP contribution in [0.25, 0.3) is 0 Å². The molecule has 0 aliphatic heterocycles. The summed E-state index contributed by atoms with van der Waals surface area (Å²) in [5, 5.41) is 3.07.